The second-order valence-electron chi connectivity index (χ2n) is 7.87. The number of rotatable bonds is 5. The molecule has 3 aliphatic heterocycles. The standard InChI is InChI=1S/C23H28N2O2/c1-16-7-6-8-17(2)21(16)24-22(19-9-4-3-5-10-19)23(26)27-20-15-25-13-11-18(20)12-14-25/h3-10,18,20,22,24H,11-15H2,1-2H3. The van der Waals surface area contributed by atoms with E-state index in [9.17, 15) is 4.79 Å². The third-order valence-electron chi connectivity index (χ3n) is 6.00. The van der Waals surface area contributed by atoms with Gasteiger partial charge in [0.1, 0.15) is 6.10 Å². The van der Waals surface area contributed by atoms with Crippen molar-refractivity contribution in [3.63, 3.8) is 0 Å². The number of ether oxygens (including phenoxy) is 1. The third-order valence-corrected chi connectivity index (χ3v) is 6.00. The minimum absolute atomic E-state index is 0.0194. The summed E-state index contributed by atoms with van der Waals surface area (Å²) in [4.78, 5) is 15.6. The van der Waals surface area contributed by atoms with E-state index in [0.29, 0.717) is 5.92 Å². The first-order chi connectivity index (χ1) is 13.1. The molecule has 5 rings (SSSR count). The van der Waals surface area contributed by atoms with Crippen LogP contribution < -0.4 is 5.32 Å². The summed E-state index contributed by atoms with van der Waals surface area (Å²) in [6.07, 6.45) is 2.29. The Morgan fingerprint density at radius 3 is 2.30 bits per heavy atom. The summed E-state index contributed by atoms with van der Waals surface area (Å²) < 4.78 is 6.05. The molecule has 0 amide bonds. The fourth-order valence-corrected chi connectivity index (χ4v) is 4.37. The normalized spacial score (nSPS) is 25.0. The van der Waals surface area contributed by atoms with Gasteiger partial charge in [0.25, 0.3) is 0 Å². The van der Waals surface area contributed by atoms with E-state index in [0.717, 1.165) is 54.9 Å². The summed E-state index contributed by atoms with van der Waals surface area (Å²) in [6.45, 7) is 7.29. The number of hydrogen-bond donors (Lipinski definition) is 1. The van der Waals surface area contributed by atoms with Crippen LogP contribution in [0.4, 0.5) is 5.69 Å². The van der Waals surface area contributed by atoms with Gasteiger partial charge in [-0.1, -0.05) is 48.5 Å². The number of nitrogens with one attached hydrogen (secondary N) is 1. The Labute approximate surface area is 161 Å². The molecule has 3 heterocycles. The molecule has 27 heavy (non-hydrogen) atoms. The van der Waals surface area contributed by atoms with Crippen LogP contribution in [-0.4, -0.2) is 36.6 Å². The maximum absolute atomic E-state index is 13.2. The molecule has 1 N–H and O–H groups in total. The highest BCUT2D eigenvalue weighted by molar-refractivity contribution is 5.82. The third kappa shape index (κ3) is 3.86. The van der Waals surface area contributed by atoms with Gasteiger partial charge in [-0.05, 0) is 62.4 Å². The molecule has 3 saturated heterocycles. The number of hydrogen-bond acceptors (Lipinski definition) is 4. The minimum Gasteiger partial charge on any atom is -0.459 e. The van der Waals surface area contributed by atoms with Crippen LogP contribution in [0.15, 0.2) is 48.5 Å². The van der Waals surface area contributed by atoms with Crippen molar-refractivity contribution in [2.24, 2.45) is 5.92 Å². The number of anilines is 1. The number of para-hydroxylation sites is 1. The number of aryl methyl sites for hydroxylation is 2. The molecule has 2 aromatic carbocycles. The first-order valence-electron chi connectivity index (χ1n) is 9.92. The van der Waals surface area contributed by atoms with Crippen LogP contribution in [0.2, 0.25) is 0 Å². The van der Waals surface area contributed by atoms with E-state index >= 15 is 0 Å². The Bertz CT molecular complexity index is 777. The number of esters is 1. The molecule has 2 unspecified atom stereocenters. The molecular formula is C23H28N2O2. The van der Waals surface area contributed by atoms with Crippen LogP contribution in [0.3, 0.4) is 0 Å². The van der Waals surface area contributed by atoms with Crippen LogP contribution >= 0.6 is 0 Å². The zero-order valence-corrected chi connectivity index (χ0v) is 16.2. The molecule has 3 fully saturated rings. The quantitative estimate of drug-likeness (QED) is 0.811. The lowest BCUT2D eigenvalue weighted by Crippen LogP contribution is -2.52. The zero-order valence-electron chi connectivity index (χ0n) is 16.2. The van der Waals surface area contributed by atoms with Gasteiger partial charge in [-0.15, -0.1) is 0 Å². The van der Waals surface area contributed by atoms with Crippen LogP contribution in [0, 0.1) is 19.8 Å². The number of carbonyl (C=O) groups excluding carboxylic acids is 1. The van der Waals surface area contributed by atoms with Gasteiger partial charge in [-0.2, -0.15) is 0 Å². The van der Waals surface area contributed by atoms with Gasteiger partial charge >= 0.3 is 5.97 Å². The number of piperidine rings is 3. The number of fused-ring (bicyclic) bond motifs is 3. The van der Waals surface area contributed by atoms with Crippen molar-refractivity contribution >= 4 is 11.7 Å². The van der Waals surface area contributed by atoms with Crippen LogP contribution in [-0.2, 0) is 9.53 Å². The molecule has 0 aromatic heterocycles. The van der Waals surface area contributed by atoms with E-state index in [-0.39, 0.29) is 12.1 Å². The molecule has 0 radical (unpaired) electrons. The lowest BCUT2D eigenvalue weighted by atomic mass is 9.86. The molecule has 142 valence electrons. The topological polar surface area (TPSA) is 41.6 Å². The Hall–Kier alpha value is -2.33. The van der Waals surface area contributed by atoms with E-state index in [1.54, 1.807) is 0 Å². The molecule has 0 saturated carbocycles. The highest BCUT2D eigenvalue weighted by Crippen LogP contribution is 2.32. The Balaban J connectivity index is 1.57. The molecule has 4 heteroatoms. The number of nitrogens with zero attached hydrogens (tertiary/aromatic N) is 1. The maximum Gasteiger partial charge on any atom is 0.333 e. The van der Waals surface area contributed by atoms with E-state index in [2.05, 4.69) is 36.2 Å². The largest absolute Gasteiger partial charge is 0.459 e. The van der Waals surface area contributed by atoms with E-state index in [4.69, 9.17) is 4.74 Å². The van der Waals surface area contributed by atoms with Crippen molar-refractivity contribution in [1.29, 1.82) is 0 Å². The second kappa shape index (κ2) is 7.73. The fourth-order valence-electron chi connectivity index (χ4n) is 4.37. The molecule has 2 atom stereocenters. The summed E-state index contributed by atoms with van der Waals surface area (Å²) >= 11 is 0. The Kier molecular flexibility index (Phi) is 5.17. The van der Waals surface area contributed by atoms with Crippen molar-refractivity contribution in [1.82, 2.24) is 4.90 Å². The molecule has 0 spiro atoms. The molecule has 2 bridgehead atoms. The predicted molar refractivity (Wildman–Crippen MR) is 108 cm³/mol. The zero-order chi connectivity index (χ0) is 18.8. The summed E-state index contributed by atoms with van der Waals surface area (Å²) in [7, 11) is 0. The van der Waals surface area contributed by atoms with Crippen LogP contribution in [0.25, 0.3) is 0 Å². The predicted octanol–water partition coefficient (Wildman–Crippen LogP) is 4.09. The van der Waals surface area contributed by atoms with E-state index < -0.39 is 6.04 Å². The number of benzene rings is 2. The highest BCUT2D eigenvalue weighted by atomic mass is 16.5. The van der Waals surface area contributed by atoms with Crippen molar-refractivity contribution in [3.8, 4) is 0 Å². The monoisotopic (exact) mass is 364 g/mol. The smallest absolute Gasteiger partial charge is 0.333 e. The Morgan fingerprint density at radius 2 is 1.70 bits per heavy atom. The average Bonchev–Trinajstić information content (AvgIpc) is 2.69. The van der Waals surface area contributed by atoms with Gasteiger partial charge in [0.2, 0.25) is 0 Å². The summed E-state index contributed by atoms with van der Waals surface area (Å²) in [6, 6.07) is 15.6. The average molecular weight is 364 g/mol. The van der Waals surface area contributed by atoms with E-state index in [1.165, 1.54) is 0 Å². The molecule has 4 nitrogen and oxygen atoms in total. The van der Waals surface area contributed by atoms with Crippen LogP contribution in [0.1, 0.15) is 35.6 Å². The van der Waals surface area contributed by atoms with Crippen molar-refractivity contribution in [2.75, 3.05) is 25.0 Å². The van der Waals surface area contributed by atoms with Gasteiger partial charge < -0.3 is 10.1 Å². The molecule has 2 aromatic rings. The van der Waals surface area contributed by atoms with Gasteiger partial charge in [-0.25, -0.2) is 4.79 Å². The van der Waals surface area contributed by atoms with Gasteiger partial charge in [0, 0.05) is 12.2 Å². The molecule has 3 aliphatic rings. The first kappa shape index (κ1) is 18.1. The lowest BCUT2D eigenvalue weighted by molar-refractivity contribution is -0.159. The fraction of sp³-hybridized carbons (Fsp3) is 0.435. The molecule has 0 aliphatic carbocycles. The maximum atomic E-state index is 13.2. The second-order valence-corrected chi connectivity index (χ2v) is 7.87. The van der Waals surface area contributed by atoms with Crippen molar-refractivity contribution in [3.05, 3.63) is 65.2 Å². The van der Waals surface area contributed by atoms with E-state index in [1.807, 2.05) is 36.4 Å². The first-order valence-corrected chi connectivity index (χ1v) is 9.92. The highest BCUT2D eigenvalue weighted by Gasteiger charge is 2.38. The van der Waals surface area contributed by atoms with Gasteiger partial charge in [0.15, 0.2) is 6.04 Å². The van der Waals surface area contributed by atoms with Crippen LogP contribution in [0.5, 0.6) is 0 Å². The summed E-state index contributed by atoms with van der Waals surface area (Å²) in [5, 5.41) is 3.48. The van der Waals surface area contributed by atoms with Crippen molar-refractivity contribution in [2.45, 2.75) is 38.8 Å². The Morgan fingerprint density at radius 1 is 1.04 bits per heavy atom. The minimum atomic E-state index is -0.499. The number of carbonyl (C=O) groups is 1. The van der Waals surface area contributed by atoms with Crippen molar-refractivity contribution < 1.29 is 9.53 Å². The molecular weight excluding hydrogens is 336 g/mol. The lowest BCUT2D eigenvalue weighted by Gasteiger charge is -2.44. The summed E-state index contributed by atoms with van der Waals surface area (Å²) in [5.74, 6) is 0.332. The SMILES string of the molecule is Cc1cccc(C)c1NC(C(=O)OC1CN2CCC1CC2)c1ccccc1. The summed E-state index contributed by atoms with van der Waals surface area (Å²) in [5.41, 5.74) is 4.21. The van der Waals surface area contributed by atoms with Gasteiger partial charge in [0.05, 0.1) is 0 Å². The van der Waals surface area contributed by atoms with Gasteiger partial charge in [-0.3, -0.25) is 4.90 Å².